The maximum absolute atomic E-state index is 12.3. The van der Waals surface area contributed by atoms with E-state index >= 15 is 0 Å². The van der Waals surface area contributed by atoms with Crippen molar-refractivity contribution in [1.29, 1.82) is 0 Å². The first-order valence-corrected chi connectivity index (χ1v) is 9.23. The van der Waals surface area contributed by atoms with Crippen LogP contribution in [-0.2, 0) is 27.5 Å². The summed E-state index contributed by atoms with van der Waals surface area (Å²) in [6, 6.07) is 15.7. The number of hydrogen-bond acceptors (Lipinski definition) is 4. The minimum atomic E-state index is -0.543. The second kappa shape index (κ2) is 8.60. The Balaban J connectivity index is 1.65. The summed E-state index contributed by atoms with van der Waals surface area (Å²) in [6.45, 7) is 2.35. The summed E-state index contributed by atoms with van der Waals surface area (Å²) in [5, 5.41) is 15.3. The number of likely N-dealkylation sites (N-methyl/N-ethyl adjacent to an activating group) is 1. The van der Waals surface area contributed by atoms with E-state index in [1.54, 1.807) is 0 Å². The monoisotopic (exact) mass is 393 g/mol. The molecule has 3 N–H and O–H groups in total. The lowest BCUT2D eigenvalue weighted by Gasteiger charge is -2.10. The van der Waals surface area contributed by atoms with Gasteiger partial charge in [0.1, 0.15) is 0 Å². The van der Waals surface area contributed by atoms with Crippen molar-refractivity contribution in [3.8, 4) is 11.1 Å². The summed E-state index contributed by atoms with van der Waals surface area (Å²) in [4.78, 5) is 36.2. The van der Waals surface area contributed by atoms with Crippen molar-refractivity contribution in [3.05, 3.63) is 71.0 Å². The number of rotatable bonds is 6. The SMILES string of the molecule is CC(=O)NCc1ccc(-c2cccc(CNC(=O)C3=C(O)C(=O)N(C)C3)c2)cc1. The van der Waals surface area contributed by atoms with Crippen LogP contribution in [0, 0.1) is 0 Å². The molecule has 0 aromatic heterocycles. The van der Waals surface area contributed by atoms with Gasteiger partial charge in [0.25, 0.3) is 11.8 Å². The first kappa shape index (κ1) is 20.1. The molecule has 0 fully saturated rings. The molecule has 3 rings (SSSR count). The topological polar surface area (TPSA) is 98.7 Å². The van der Waals surface area contributed by atoms with Crippen molar-refractivity contribution >= 4 is 17.7 Å². The van der Waals surface area contributed by atoms with Crippen LogP contribution in [0.4, 0.5) is 0 Å². The first-order chi connectivity index (χ1) is 13.8. The van der Waals surface area contributed by atoms with Crippen LogP contribution in [-0.4, -0.2) is 41.3 Å². The predicted octanol–water partition coefficient (Wildman–Crippen LogP) is 1.89. The van der Waals surface area contributed by atoms with Gasteiger partial charge in [-0.2, -0.15) is 0 Å². The maximum atomic E-state index is 12.3. The van der Waals surface area contributed by atoms with E-state index in [-0.39, 0.29) is 24.6 Å². The number of nitrogens with one attached hydrogen (secondary N) is 2. The second-order valence-corrected chi connectivity index (χ2v) is 6.98. The van der Waals surface area contributed by atoms with Gasteiger partial charge in [-0.25, -0.2) is 0 Å². The lowest BCUT2D eigenvalue weighted by Crippen LogP contribution is -2.27. The summed E-state index contributed by atoms with van der Waals surface area (Å²) in [5.41, 5.74) is 4.02. The van der Waals surface area contributed by atoms with Crippen molar-refractivity contribution in [3.63, 3.8) is 0 Å². The number of carbonyl (C=O) groups excluding carboxylic acids is 3. The average molecular weight is 393 g/mol. The maximum Gasteiger partial charge on any atom is 0.289 e. The Bertz CT molecular complexity index is 980. The molecule has 1 heterocycles. The Hall–Kier alpha value is -3.61. The van der Waals surface area contributed by atoms with E-state index < -0.39 is 17.6 Å². The van der Waals surface area contributed by atoms with E-state index in [0.29, 0.717) is 6.54 Å². The molecule has 2 aromatic carbocycles. The molecule has 0 radical (unpaired) electrons. The number of carbonyl (C=O) groups is 3. The highest BCUT2D eigenvalue weighted by Crippen LogP contribution is 2.21. The molecule has 0 atom stereocenters. The van der Waals surface area contributed by atoms with Gasteiger partial charge in [-0.05, 0) is 28.3 Å². The van der Waals surface area contributed by atoms with E-state index in [0.717, 1.165) is 22.3 Å². The lowest BCUT2D eigenvalue weighted by molar-refractivity contribution is -0.126. The van der Waals surface area contributed by atoms with E-state index in [1.165, 1.54) is 18.9 Å². The molecule has 29 heavy (non-hydrogen) atoms. The smallest absolute Gasteiger partial charge is 0.289 e. The number of amides is 3. The zero-order valence-corrected chi connectivity index (χ0v) is 16.4. The minimum Gasteiger partial charge on any atom is -0.503 e. The molecule has 2 aromatic rings. The van der Waals surface area contributed by atoms with Gasteiger partial charge in [-0.15, -0.1) is 0 Å². The molecular formula is C22H23N3O4. The molecule has 0 unspecified atom stereocenters. The Morgan fingerprint density at radius 3 is 2.31 bits per heavy atom. The van der Waals surface area contributed by atoms with Crippen LogP contribution in [0.2, 0.25) is 0 Å². The highest BCUT2D eigenvalue weighted by Gasteiger charge is 2.31. The first-order valence-electron chi connectivity index (χ1n) is 9.23. The van der Waals surface area contributed by atoms with E-state index in [9.17, 15) is 19.5 Å². The van der Waals surface area contributed by atoms with Gasteiger partial charge in [0.15, 0.2) is 5.76 Å². The Labute approximate surface area is 169 Å². The quantitative estimate of drug-likeness (QED) is 0.698. The van der Waals surface area contributed by atoms with Gasteiger partial charge in [0, 0.05) is 27.1 Å². The molecule has 7 nitrogen and oxygen atoms in total. The molecule has 1 aliphatic rings. The molecule has 3 amide bonds. The van der Waals surface area contributed by atoms with Crippen LogP contribution in [0.3, 0.4) is 0 Å². The average Bonchev–Trinajstić information content (AvgIpc) is 2.98. The third kappa shape index (κ3) is 4.82. The summed E-state index contributed by atoms with van der Waals surface area (Å²) < 4.78 is 0. The van der Waals surface area contributed by atoms with Gasteiger partial charge in [0.2, 0.25) is 5.91 Å². The van der Waals surface area contributed by atoms with Gasteiger partial charge >= 0.3 is 0 Å². The fourth-order valence-electron chi connectivity index (χ4n) is 3.06. The van der Waals surface area contributed by atoms with Crippen LogP contribution in [0.15, 0.2) is 59.9 Å². The Morgan fingerprint density at radius 1 is 1.00 bits per heavy atom. The summed E-state index contributed by atoms with van der Waals surface area (Å²) in [5.74, 6) is -1.55. The van der Waals surface area contributed by atoms with Gasteiger partial charge in [-0.3, -0.25) is 14.4 Å². The van der Waals surface area contributed by atoms with Crippen molar-refractivity contribution in [1.82, 2.24) is 15.5 Å². The summed E-state index contributed by atoms with van der Waals surface area (Å²) in [6.07, 6.45) is 0. The lowest BCUT2D eigenvalue weighted by atomic mass is 10.0. The van der Waals surface area contributed by atoms with Gasteiger partial charge in [-0.1, -0.05) is 42.5 Å². The van der Waals surface area contributed by atoms with Crippen molar-refractivity contribution in [2.24, 2.45) is 0 Å². The molecule has 0 aliphatic carbocycles. The Kier molecular flexibility index (Phi) is 5.97. The standard InChI is InChI=1S/C22H23N3O4/c1-14(26)23-11-15-6-8-17(9-7-15)18-5-3-4-16(10-18)12-24-21(28)19-13-25(2)22(29)20(19)27/h3-10,27H,11-13H2,1-2H3,(H,23,26)(H,24,28). The molecule has 1 aliphatic heterocycles. The van der Waals surface area contributed by atoms with Crippen molar-refractivity contribution in [2.45, 2.75) is 20.0 Å². The summed E-state index contributed by atoms with van der Waals surface area (Å²) >= 11 is 0. The molecule has 0 saturated carbocycles. The molecule has 0 saturated heterocycles. The number of hydrogen-bond donors (Lipinski definition) is 3. The number of aliphatic hydroxyl groups excluding tert-OH is 1. The minimum absolute atomic E-state index is 0.0680. The molecule has 0 bridgehead atoms. The largest absolute Gasteiger partial charge is 0.503 e. The van der Waals surface area contributed by atoms with E-state index in [1.807, 2.05) is 48.5 Å². The highest BCUT2D eigenvalue weighted by atomic mass is 16.3. The van der Waals surface area contributed by atoms with Crippen molar-refractivity contribution < 1.29 is 19.5 Å². The van der Waals surface area contributed by atoms with Gasteiger partial charge in [0.05, 0.1) is 12.1 Å². The number of nitrogens with zero attached hydrogens (tertiary/aromatic N) is 1. The number of aliphatic hydroxyl groups is 1. The number of benzene rings is 2. The summed E-state index contributed by atoms with van der Waals surface area (Å²) in [7, 11) is 1.53. The van der Waals surface area contributed by atoms with Crippen LogP contribution in [0.1, 0.15) is 18.1 Å². The third-order valence-corrected chi connectivity index (χ3v) is 4.71. The van der Waals surface area contributed by atoms with E-state index in [2.05, 4.69) is 10.6 Å². The fraction of sp³-hybridized carbons (Fsp3) is 0.227. The van der Waals surface area contributed by atoms with Crippen LogP contribution in [0.25, 0.3) is 11.1 Å². The molecule has 7 heteroatoms. The molecule has 150 valence electrons. The van der Waals surface area contributed by atoms with Crippen molar-refractivity contribution in [2.75, 3.05) is 13.6 Å². The van der Waals surface area contributed by atoms with Crippen LogP contribution >= 0.6 is 0 Å². The third-order valence-electron chi connectivity index (χ3n) is 4.71. The second-order valence-electron chi connectivity index (χ2n) is 6.98. The molecular weight excluding hydrogens is 370 g/mol. The van der Waals surface area contributed by atoms with Crippen LogP contribution < -0.4 is 10.6 Å². The highest BCUT2D eigenvalue weighted by molar-refractivity contribution is 6.06. The zero-order valence-electron chi connectivity index (χ0n) is 16.4. The van der Waals surface area contributed by atoms with Crippen LogP contribution in [0.5, 0.6) is 0 Å². The zero-order chi connectivity index (χ0) is 21.0. The predicted molar refractivity (Wildman–Crippen MR) is 109 cm³/mol. The Morgan fingerprint density at radius 2 is 1.69 bits per heavy atom. The molecule has 0 spiro atoms. The van der Waals surface area contributed by atoms with Gasteiger partial charge < -0.3 is 20.6 Å². The van der Waals surface area contributed by atoms with E-state index in [4.69, 9.17) is 0 Å². The normalized spacial score (nSPS) is 13.6. The fourth-order valence-corrected chi connectivity index (χ4v) is 3.06.